The highest BCUT2D eigenvalue weighted by molar-refractivity contribution is 7.94. The largest absolute Gasteiger partial charge is 0.491 e. The number of oxazole rings is 1. The van der Waals surface area contributed by atoms with Gasteiger partial charge in [-0.3, -0.25) is 19.0 Å². The molecule has 58 heavy (non-hydrogen) atoms. The molecule has 0 atom stereocenters. The summed E-state index contributed by atoms with van der Waals surface area (Å²) in [4.78, 5) is 38.4. The number of hydrogen-bond donors (Lipinski definition) is 2. The molecule has 13 nitrogen and oxygen atoms in total. The third-order valence-corrected chi connectivity index (χ3v) is 13.1. The summed E-state index contributed by atoms with van der Waals surface area (Å²) in [6.07, 6.45) is 5.17. The molecule has 7 rings (SSSR count). The molecule has 5 aromatic heterocycles. The van der Waals surface area contributed by atoms with Crippen LogP contribution in [0.2, 0.25) is 10.0 Å². The second-order valence-corrected chi connectivity index (χ2v) is 18.6. The summed E-state index contributed by atoms with van der Waals surface area (Å²) in [7, 11) is -8.02. The summed E-state index contributed by atoms with van der Waals surface area (Å²) < 4.78 is 80.1. The van der Waals surface area contributed by atoms with E-state index in [2.05, 4.69) is 24.4 Å². The van der Waals surface area contributed by atoms with Crippen LogP contribution in [-0.2, 0) is 20.0 Å². The van der Waals surface area contributed by atoms with E-state index >= 15 is 0 Å². The summed E-state index contributed by atoms with van der Waals surface area (Å²) in [6, 6.07) is 20.1. The predicted octanol–water partition coefficient (Wildman–Crippen LogP) is 9.24. The molecular weight excluding hydrogens is 873 g/mol. The fourth-order valence-electron chi connectivity index (χ4n) is 4.98. The number of aromatic nitrogens is 3. The number of halogens is 3. The first-order valence-corrected chi connectivity index (χ1v) is 22.0. The molecule has 0 fully saturated rings. The minimum absolute atomic E-state index is 0.0187. The first kappa shape index (κ1) is 42.1. The van der Waals surface area contributed by atoms with Crippen molar-refractivity contribution in [3.63, 3.8) is 0 Å². The highest BCUT2D eigenvalue weighted by Crippen LogP contribution is 2.32. The topological polar surface area (TPSA) is 188 Å². The van der Waals surface area contributed by atoms with Crippen molar-refractivity contribution in [1.29, 1.82) is 0 Å². The van der Waals surface area contributed by atoms with E-state index in [1.807, 2.05) is 13.8 Å². The molecule has 5 heterocycles. The lowest BCUT2D eigenvalue weighted by molar-refractivity contribution is 0.103. The monoisotopic (exact) mass is 899 g/mol. The number of ketones is 2. The molecule has 0 aliphatic carbocycles. The Bertz CT molecular complexity index is 2800. The van der Waals surface area contributed by atoms with E-state index in [4.69, 9.17) is 32.4 Å². The number of benzene rings is 2. The number of pyridine rings is 2. The van der Waals surface area contributed by atoms with Crippen molar-refractivity contribution < 1.29 is 40.0 Å². The number of nitrogens with one attached hydrogen (secondary N) is 2. The van der Waals surface area contributed by atoms with Crippen LogP contribution < -0.4 is 14.2 Å². The summed E-state index contributed by atoms with van der Waals surface area (Å²) in [5.41, 5.74) is 0.00483. The van der Waals surface area contributed by atoms with Crippen molar-refractivity contribution in [2.24, 2.45) is 0 Å². The quantitative estimate of drug-likeness (QED) is 0.105. The molecule has 7 aromatic rings. The maximum absolute atomic E-state index is 13.5. The van der Waals surface area contributed by atoms with Gasteiger partial charge in [0.2, 0.25) is 5.78 Å². The Morgan fingerprint density at radius 2 is 1.45 bits per heavy atom. The summed E-state index contributed by atoms with van der Waals surface area (Å²) in [6.45, 7) is 3.76. The van der Waals surface area contributed by atoms with Gasteiger partial charge >= 0.3 is 0 Å². The maximum Gasteiger partial charge on any atom is 0.272 e. The van der Waals surface area contributed by atoms with Crippen molar-refractivity contribution in [3.8, 4) is 16.4 Å². The molecule has 298 valence electrons. The van der Waals surface area contributed by atoms with Gasteiger partial charge < -0.3 is 9.15 Å². The van der Waals surface area contributed by atoms with Gasteiger partial charge in [-0.15, -0.1) is 22.7 Å². The normalized spacial score (nSPS) is 11.4. The van der Waals surface area contributed by atoms with Crippen molar-refractivity contribution in [1.82, 2.24) is 15.0 Å². The number of carbonyl (C=O) groups is 2. The third-order valence-electron chi connectivity index (χ3n) is 7.52. The maximum atomic E-state index is 13.5. The minimum atomic E-state index is -4.07. The fourth-order valence-corrected chi connectivity index (χ4v) is 9.29. The molecule has 20 heteroatoms. The molecule has 0 aliphatic heterocycles. The second kappa shape index (κ2) is 18.0. The van der Waals surface area contributed by atoms with Crippen LogP contribution >= 0.6 is 45.9 Å². The van der Waals surface area contributed by atoms with E-state index in [1.165, 1.54) is 84.9 Å². The lowest BCUT2D eigenvalue weighted by Gasteiger charge is -2.12. The molecule has 0 aliphatic rings. The van der Waals surface area contributed by atoms with Crippen molar-refractivity contribution >= 4 is 89.1 Å². The Hall–Kier alpha value is -5.50. The molecule has 0 radical (unpaired) electrons. The number of carbonyl (C=O) groups excluding carboxylic acids is 2. The van der Waals surface area contributed by atoms with Crippen LogP contribution in [0.4, 0.5) is 16.0 Å². The zero-order valence-corrected chi connectivity index (χ0v) is 34.7. The smallest absolute Gasteiger partial charge is 0.272 e. The zero-order valence-electron chi connectivity index (χ0n) is 29.9. The standard InChI is InChI=1S/C19H11ClFN3O4S2.C19H17ClN2O4S2/c20-12-7-14(18(25)11-2-1-3-13(21)6-11)19(23-8-12)24-30(26,27)17-5-4-16(29-17)15-9-22-10-28-15;1-12(2)26-14-5-7-15(8-6-14)28(24,25)22-19-16(10-13(20)11-21-19)18(23)17-4-3-9-27-17/h1-10H,(H,23,24);3-12H,1-2H3,(H,21,22). The van der Waals surface area contributed by atoms with Crippen LogP contribution in [0.15, 0.2) is 129 Å². The molecule has 0 unspecified atom stereocenters. The lowest BCUT2D eigenvalue weighted by Crippen LogP contribution is -2.17. The molecule has 2 N–H and O–H groups in total. The number of thiophene rings is 2. The van der Waals surface area contributed by atoms with Crippen LogP contribution in [0.5, 0.6) is 5.75 Å². The molecule has 0 bridgehead atoms. The van der Waals surface area contributed by atoms with Crippen LogP contribution in [0.1, 0.15) is 45.0 Å². The third kappa shape index (κ3) is 10.3. The number of hydrogen-bond acceptors (Lipinski definition) is 13. The molecule has 0 amide bonds. The van der Waals surface area contributed by atoms with Crippen LogP contribution in [0, 0.1) is 5.82 Å². The molecule has 0 spiro atoms. The van der Waals surface area contributed by atoms with Gasteiger partial charge in [0.1, 0.15) is 15.8 Å². The first-order valence-electron chi connectivity index (χ1n) is 16.6. The summed E-state index contributed by atoms with van der Waals surface area (Å²) in [5.74, 6) is -0.899. The Kier molecular flexibility index (Phi) is 13.0. The highest BCUT2D eigenvalue weighted by atomic mass is 35.5. The van der Waals surface area contributed by atoms with E-state index in [9.17, 15) is 30.8 Å². The molecular formula is C38H28Cl2FN5O8S4. The van der Waals surface area contributed by atoms with E-state index in [-0.39, 0.29) is 59.4 Å². The van der Waals surface area contributed by atoms with Gasteiger partial charge in [0.15, 0.2) is 29.6 Å². The van der Waals surface area contributed by atoms with Crippen molar-refractivity contribution in [3.05, 3.63) is 153 Å². The van der Waals surface area contributed by atoms with Gasteiger partial charge in [-0.1, -0.05) is 41.4 Å². The Balaban J connectivity index is 0.000000196. The van der Waals surface area contributed by atoms with Crippen LogP contribution in [0.3, 0.4) is 0 Å². The van der Waals surface area contributed by atoms with Gasteiger partial charge in [-0.25, -0.2) is 36.2 Å². The van der Waals surface area contributed by atoms with Crippen molar-refractivity contribution in [2.75, 3.05) is 9.44 Å². The highest BCUT2D eigenvalue weighted by Gasteiger charge is 2.25. The van der Waals surface area contributed by atoms with E-state index in [0.717, 1.165) is 17.4 Å². The number of nitrogens with zero attached hydrogens (tertiary/aromatic N) is 3. The van der Waals surface area contributed by atoms with E-state index in [1.54, 1.807) is 35.7 Å². The van der Waals surface area contributed by atoms with E-state index in [0.29, 0.717) is 21.3 Å². The SMILES string of the molecule is CC(C)Oc1ccc(S(=O)(=O)Nc2ncc(Cl)cc2C(=O)c2cccs2)cc1.O=C(c1cccc(F)c1)c1cc(Cl)cnc1NS(=O)(=O)c1ccc(-c2cnco2)s1. The fraction of sp³-hybridized carbons (Fsp3) is 0.0789. The Morgan fingerprint density at radius 3 is 2.03 bits per heavy atom. The van der Waals surface area contributed by atoms with Gasteiger partial charge in [0.05, 0.1) is 48.1 Å². The lowest BCUT2D eigenvalue weighted by atomic mass is 10.0. The van der Waals surface area contributed by atoms with Crippen molar-refractivity contribution in [2.45, 2.75) is 29.1 Å². The zero-order chi connectivity index (χ0) is 41.6. The number of ether oxygens (including phenoxy) is 1. The van der Waals surface area contributed by atoms with Gasteiger partial charge in [0, 0.05) is 18.0 Å². The van der Waals surface area contributed by atoms with Crippen LogP contribution in [0.25, 0.3) is 10.6 Å². The molecule has 0 saturated carbocycles. The number of rotatable bonds is 13. The average molecular weight is 901 g/mol. The van der Waals surface area contributed by atoms with E-state index < -0.39 is 31.6 Å². The Labute approximate surface area is 349 Å². The number of sulfonamides is 2. The van der Waals surface area contributed by atoms with Crippen LogP contribution in [-0.4, -0.2) is 49.5 Å². The summed E-state index contributed by atoms with van der Waals surface area (Å²) in [5, 5.41) is 2.12. The minimum Gasteiger partial charge on any atom is -0.491 e. The van der Waals surface area contributed by atoms with Gasteiger partial charge in [-0.2, -0.15) is 0 Å². The molecule has 0 saturated heterocycles. The first-order chi connectivity index (χ1) is 27.6. The number of anilines is 2. The molecule has 2 aromatic carbocycles. The second-order valence-electron chi connectivity index (χ2n) is 12.1. The van der Waals surface area contributed by atoms with Gasteiger partial charge in [0.25, 0.3) is 20.0 Å². The predicted molar refractivity (Wildman–Crippen MR) is 220 cm³/mol. The van der Waals surface area contributed by atoms with Gasteiger partial charge in [-0.05, 0) is 86.0 Å². The average Bonchev–Trinajstić information content (AvgIpc) is 4.00. The summed E-state index contributed by atoms with van der Waals surface area (Å²) >= 11 is 14.1. The Morgan fingerprint density at radius 1 is 0.793 bits per heavy atom.